The van der Waals surface area contributed by atoms with E-state index in [1.807, 2.05) is 0 Å². The monoisotopic (exact) mass is 400 g/mol. The number of carbonyl (C=O) groups excluding carboxylic acids is 4. The molecule has 1 aromatic rings. The Balaban J connectivity index is 1.24. The minimum atomic E-state index is -0.624. The molecule has 3 aliphatic rings. The maximum absolute atomic E-state index is 12.6. The average Bonchev–Trinajstić information content (AvgIpc) is 3.40. The van der Waals surface area contributed by atoms with Gasteiger partial charge < -0.3 is 14.8 Å². The molecule has 3 amide bonds. The number of methoxy groups -OCH3 is 1. The summed E-state index contributed by atoms with van der Waals surface area (Å²) in [6.45, 7) is -0.439. The van der Waals surface area contributed by atoms with E-state index in [1.165, 1.54) is 12.0 Å². The molecule has 1 N–H and O–H groups in total. The van der Waals surface area contributed by atoms with E-state index in [2.05, 4.69) is 5.32 Å². The quantitative estimate of drug-likeness (QED) is 0.551. The summed E-state index contributed by atoms with van der Waals surface area (Å²) >= 11 is 0. The van der Waals surface area contributed by atoms with Crippen LogP contribution in [-0.2, 0) is 23.9 Å². The minimum Gasteiger partial charge on any atom is -0.495 e. The van der Waals surface area contributed by atoms with E-state index in [0.717, 1.165) is 19.3 Å². The lowest BCUT2D eigenvalue weighted by atomic mass is 9.81. The molecular formula is C21H24N2O6. The van der Waals surface area contributed by atoms with Gasteiger partial charge in [-0.1, -0.05) is 12.1 Å². The van der Waals surface area contributed by atoms with Gasteiger partial charge in [0.05, 0.1) is 31.1 Å². The van der Waals surface area contributed by atoms with Crippen LogP contribution in [0.25, 0.3) is 0 Å². The zero-order valence-corrected chi connectivity index (χ0v) is 16.3. The Morgan fingerprint density at radius 1 is 1.10 bits per heavy atom. The van der Waals surface area contributed by atoms with Crippen molar-refractivity contribution >= 4 is 29.4 Å². The number of anilines is 1. The van der Waals surface area contributed by atoms with E-state index >= 15 is 0 Å². The first-order valence-corrected chi connectivity index (χ1v) is 9.93. The maximum Gasteiger partial charge on any atom is 0.308 e. The zero-order chi connectivity index (χ0) is 20.5. The first-order chi connectivity index (χ1) is 14.0. The summed E-state index contributed by atoms with van der Waals surface area (Å²) in [5, 5.41) is 2.61. The third kappa shape index (κ3) is 3.59. The third-order valence-electron chi connectivity index (χ3n) is 6.30. The Morgan fingerprint density at radius 3 is 2.41 bits per heavy atom. The molecule has 2 saturated carbocycles. The predicted molar refractivity (Wildman–Crippen MR) is 102 cm³/mol. The van der Waals surface area contributed by atoms with E-state index < -0.39 is 18.5 Å². The van der Waals surface area contributed by atoms with Crippen molar-refractivity contribution in [1.29, 1.82) is 0 Å². The van der Waals surface area contributed by atoms with Crippen molar-refractivity contribution in [1.82, 2.24) is 4.90 Å². The fraction of sp³-hybridized carbons (Fsp3) is 0.524. The van der Waals surface area contributed by atoms with Crippen LogP contribution in [0.15, 0.2) is 24.3 Å². The van der Waals surface area contributed by atoms with Crippen molar-refractivity contribution in [3.63, 3.8) is 0 Å². The molecule has 29 heavy (non-hydrogen) atoms. The molecule has 4 atom stereocenters. The molecule has 1 aliphatic heterocycles. The van der Waals surface area contributed by atoms with Gasteiger partial charge in [0.25, 0.3) is 5.91 Å². The highest BCUT2D eigenvalue weighted by molar-refractivity contribution is 6.06. The Bertz CT molecular complexity index is 825. The number of hydrogen-bond donors (Lipinski definition) is 1. The van der Waals surface area contributed by atoms with Crippen molar-refractivity contribution in [2.45, 2.75) is 25.7 Å². The van der Waals surface area contributed by atoms with Gasteiger partial charge in [-0.2, -0.15) is 0 Å². The molecule has 154 valence electrons. The summed E-state index contributed by atoms with van der Waals surface area (Å²) in [7, 11) is 1.49. The highest BCUT2D eigenvalue weighted by Gasteiger charge is 2.60. The summed E-state index contributed by atoms with van der Waals surface area (Å²) < 4.78 is 10.1. The first-order valence-electron chi connectivity index (χ1n) is 9.93. The lowest BCUT2D eigenvalue weighted by Gasteiger charge is -2.19. The van der Waals surface area contributed by atoms with Crippen molar-refractivity contribution in [3.8, 4) is 5.75 Å². The molecule has 0 radical (unpaired) electrons. The van der Waals surface area contributed by atoms with E-state index in [0.29, 0.717) is 23.3 Å². The van der Waals surface area contributed by atoms with Gasteiger partial charge in [0.1, 0.15) is 5.75 Å². The van der Waals surface area contributed by atoms with Crippen molar-refractivity contribution in [2.24, 2.45) is 23.7 Å². The Labute approximate surface area is 168 Å². The largest absolute Gasteiger partial charge is 0.495 e. The molecule has 3 fully saturated rings. The summed E-state index contributed by atoms with van der Waals surface area (Å²) in [4.78, 5) is 50.4. The van der Waals surface area contributed by atoms with Gasteiger partial charge in [0, 0.05) is 6.54 Å². The number of fused-ring (bicyclic) bond motifs is 5. The van der Waals surface area contributed by atoms with Crippen molar-refractivity contribution < 1.29 is 28.7 Å². The van der Waals surface area contributed by atoms with Gasteiger partial charge in [-0.15, -0.1) is 0 Å². The number of rotatable bonds is 7. The zero-order valence-electron chi connectivity index (χ0n) is 16.3. The molecular weight excluding hydrogens is 376 g/mol. The predicted octanol–water partition coefficient (Wildman–Crippen LogP) is 1.60. The van der Waals surface area contributed by atoms with Crippen LogP contribution in [0.5, 0.6) is 5.75 Å². The Morgan fingerprint density at radius 2 is 1.76 bits per heavy atom. The van der Waals surface area contributed by atoms with Crippen LogP contribution < -0.4 is 10.1 Å². The SMILES string of the molecule is COc1ccccc1NC(=O)COC(=O)CCN1C(=O)[C@@H]2[C@@H]3CC[C@@H](C3)[C@@H]2C1=O. The van der Waals surface area contributed by atoms with E-state index in [4.69, 9.17) is 9.47 Å². The molecule has 1 heterocycles. The molecule has 0 unspecified atom stereocenters. The molecule has 2 bridgehead atoms. The summed E-state index contributed by atoms with van der Waals surface area (Å²) in [6.07, 6.45) is 2.89. The van der Waals surface area contributed by atoms with Gasteiger partial charge in [0.15, 0.2) is 6.61 Å². The van der Waals surface area contributed by atoms with E-state index in [9.17, 15) is 19.2 Å². The van der Waals surface area contributed by atoms with Gasteiger partial charge in [-0.05, 0) is 43.2 Å². The number of para-hydroxylation sites is 2. The summed E-state index contributed by atoms with van der Waals surface area (Å²) in [6, 6.07) is 6.89. The lowest BCUT2D eigenvalue weighted by Crippen LogP contribution is -2.35. The van der Waals surface area contributed by atoms with Gasteiger partial charge in [-0.25, -0.2) is 0 Å². The lowest BCUT2D eigenvalue weighted by molar-refractivity contribution is -0.149. The van der Waals surface area contributed by atoms with Crippen LogP contribution in [0.2, 0.25) is 0 Å². The van der Waals surface area contributed by atoms with Crippen LogP contribution in [0.1, 0.15) is 25.7 Å². The molecule has 1 saturated heterocycles. The Kier molecular flexibility index (Phi) is 5.25. The summed E-state index contributed by atoms with van der Waals surface area (Å²) in [5.41, 5.74) is 0.477. The minimum absolute atomic E-state index is 0.0110. The standard InChI is InChI=1S/C21H24N2O6/c1-28-15-5-3-2-4-14(15)22-16(24)11-29-17(25)8-9-23-20(26)18-12-6-7-13(10-12)19(18)21(23)27/h2-5,12-13,18-19H,6-11H2,1H3,(H,22,24)/t12-,13+,18-,19+. The number of carbonyl (C=O) groups is 4. The van der Waals surface area contributed by atoms with Crippen LogP contribution in [0.4, 0.5) is 5.69 Å². The van der Waals surface area contributed by atoms with E-state index in [-0.39, 0.29) is 36.6 Å². The number of nitrogens with zero attached hydrogens (tertiary/aromatic N) is 1. The molecule has 1 aromatic carbocycles. The van der Waals surface area contributed by atoms with Gasteiger partial charge in [0.2, 0.25) is 11.8 Å². The van der Waals surface area contributed by atoms with Crippen molar-refractivity contribution in [2.75, 3.05) is 25.6 Å². The number of imide groups is 1. The smallest absolute Gasteiger partial charge is 0.308 e. The van der Waals surface area contributed by atoms with Gasteiger partial charge >= 0.3 is 5.97 Å². The fourth-order valence-electron chi connectivity index (χ4n) is 5.05. The highest BCUT2D eigenvalue weighted by Crippen LogP contribution is 2.56. The number of benzene rings is 1. The third-order valence-corrected chi connectivity index (χ3v) is 6.30. The molecule has 2 aliphatic carbocycles. The number of ether oxygens (including phenoxy) is 2. The van der Waals surface area contributed by atoms with Gasteiger partial charge in [-0.3, -0.25) is 24.1 Å². The fourth-order valence-corrected chi connectivity index (χ4v) is 5.05. The van der Waals surface area contributed by atoms with Crippen LogP contribution in [0, 0.1) is 23.7 Å². The van der Waals surface area contributed by atoms with Crippen LogP contribution in [-0.4, -0.2) is 48.9 Å². The van der Waals surface area contributed by atoms with Crippen LogP contribution >= 0.6 is 0 Å². The number of esters is 1. The topological polar surface area (TPSA) is 102 Å². The summed E-state index contributed by atoms with van der Waals surface area (Å²) in [5.74, 6) is -0.661. The highest BCUT2D eigenvalue weighted by atomic mass is 16.5. The molecule has 8 heteroatoms. The van der Waals surface area contributed by atoms with E-state index in [1.54, 1.807) is 24.3 Å². The molecule has 8 nitrogen and oxygen atoms in total. The Hall–Kier alpha value is -2.90. The molecule has 4 rings (SSSR count). The van der Waals surface area contributed by atoms with Crippen molar-refractivity contribution in [3.05, 3.63) is 24.3 Å². The number of amides is 3. The second-order valence-electron chi connectivity index (χ2n) is 7.87. The second kappa shape index (κ2) is 7.85. The first kappa shape index (κ1) is 19.4. The number of hydrogen-bond acceptors (Lipinski definition) is 6. The normalized spacial score (nSPS) is 27.1. The molecule has 0 spiro atoms. The van der Waals surface area contributed by atoms with Crippen LogP contribution in [0.3, 0.4) is 0 Å². The maximum atomic E-state index is 12.6. The average molecular weight is 400 g/mol. The number of nitrogens with one attached hydrogen (secondary N) is 1. The number of likely N-dealkylation sites (tertiary alicyclic amines) is 1. The second-order valence-corrected chi connectivity index (χ2v) is 7.87. The molecule has 0 aromatic heterocycles.